The van der Waals surface area contributed by atoms with E-state index in [0.717, 1.165) is 18.4 Å². The molecule has 0 amide bonds. The summed E-state index contributed by atoms with van der Waals surface area (Å²) in [6, 6.07) is 8.21. The van der Waals surface area contributed by atoms with Crippen molar-refractivity contribution in [3.63, 3.8) is 0 Å². The predicted octanol–water partition coefficient (Wildman–Crippen LogP) is 3.05. The van der Waals surface area contributed by atoms with Crippen LogP contribution in [0.25, 0.3) is 0 Å². The van der Waals surface area contributed by atoms with E-state index < -0.39 is 0 Å². The molecule has 0 heterocycles. The van der Waals surface area contributed by atoms with Gasteiger partial charge in [-0.1, -0.05) is 29.8 Å². The average Bonchev–Trinajstić information content (AvgIpc) is 2.15. The van der Waals surface area contributed by atoms with Gasteiger partial charge in [-0.3, -0.25) is 0 Å². The Kier molecular flexibility index (Phi) is 4.26. The molecule has 0 fully saturated rings. The highest BCUT2D eigenvalue weighted by atomic mass is 35.5. The molecule has 1 N–H and O–H groups in total. The lowest BCUT2D eigenvalue weighted by atomic mass is 10.1. The largest absolute Gasteiger partial charge is 0.396 e. The maximum absolute atomic E-state index is 8.65. The van der Waals surface area contributed by atoms with E-state index in [-0.39, 0.29) is 12.0 Å². The van der Waals surface area contributed by atoms with Crippen LogP contribution in [0.1, 0.15) is 29.3 Å². The van der Waals surface area contributed by atoms with Crippen molar-refractivity contribution in [2.75, 3.05) is 6.61 Å². The molecular formula is C11H15ClO. The van der Waals surface area contributed by atoms with Crippen LogP contribution in [0.15, 0.2) is 24.3 Å². The Labute approximate surface area is 84.4 Å². The Morgan fingerprint density at radius 3 is 2.46 bits per heavy atom. The van der Waals surface area contributed by atoms with Crippen LogP contribution in [0.3, 0.4) is 0 Å². The van der Waals surface area contributed by atoms with Crippen LogP contribution in [0.2, 0.25) is 0 Å². The summed E-state index contributed by atoms with van der Waals surface area (Å²) < 4.78 is 0. The van der Waals surface area contributed by atoms with Gasteiger partial charge in [0, 0.05) is 6.61 Å². The summed E-state index contributed by atoms with van der Waals surface area (Å²) in [5, 5.41) is 8.68. The van der Waals surface area contributed by atoms with E-state index in [4.69, 9.17) is 16.7 Å². The molecule has 13 heavy (non-hydrogen) atoms. The summed E-state index contributed by atoms with van der Waals surface area (Å²) in [4.78, 5) is 0. The number of hydrogen-bond donors (Lipinski definition) is 1. The Balaban J connectivity index is 2.55. The fourth-order valence-corrected chi connectivity index (χ4v) is 1.51. The van der Waals surface area contributed by atoms with Crippen molar-refractivity contribution < 1.29 is 5.11 Å². The highest BCUT2D eigenvalue weighted by Gasteiger charge is 2.05. The maximum Gasteiger partial charge on any atom is 0.0586 e. The van der Waals surface area contributed by atoms with Crippen molar-refractivity contribution in [2.45, 2.75) is 25.1 Å². The minimum Gasteiger partial charge on any atom is -0.396 e. The molecule has 0 aromatic heterocycles. The number of hydrogen-bond acceptors (Lipinski definition) is 1. The third-order valence-corrected chi connectivity index (χ3v) is 2.52. The van der Waals surface area contributed by atoms with Gasteiger partial charge < -0.3 is 5.11 Å². The first kappa shape index (κ1) is 10.6. The van der Waals surface area contributed by atoms with Crippen molar-refractivity contribution >= 4 is 11.6 Å². The monoisotopic (exact) mass is 198 g/mol. The molecule has 1 atom stereocenters. The minimum atomic E-state index is 0.0350. The molecule has 0 radical (unpaired) electrons. The number of rotatable bonds is 4. The van der Waals surface area contributed by atoms with Gasteiger partial charge in [-0.2, -0.15) is 0 Å². The summed E-state index contributed by atoms with van der Waals surface area (Å²) in [6.07, 6.45) is 1.60. The third-order valence-electron chi connectivity index (χ3n) is 2.05. The second kappa shape index (κ2) is 5.25. The Morgan fingerprint density at radius 1 is 1.31 bits per heavy atom. The Bertz CT molecular complexity index is 243. The first-order valence-electron chi connectivity index (χ1n) is 4.55. The molecule has 0 bridgehead atoms. The highest BCUT2D eigenvalue weighted by Crippen LogP contribution is 2.25. The zero-order valence-corrected chi connectivity index (χ0v) is 8.59. The van der Waals surface area contributed by atoms with E-state index in [1.165, 1.54) is 5.56 Å². The zero-order valence-electron chi connectivity index (χ0n) is 7.83. The molecular weight excluding hydrogens is 184 g/mol. The van der Waals surface area contributed by atoms with Crippen LogP contribution >= 0.6 is 11.6 Å². The number of aliphatic hydroxyl groups excluding tert-OH is 1. The average molecular weight is 199 g/mol. The van der Waals surface area contributed by atoms with Crippen molar-refractivity contribution in [1.82, 2.24) is 0 Å². The fourth-order valence-electron chi connectivity index (χ4n) is 1.21. The zero-order chi connectivity index (χ0) is 9.68. The van der Waals surface area contributed by atoms with E-state index in [2.05, 4.69) is 19.1 Å². The number of aryl methyl sites for hydroxylation is 1. The van der Waals surface area contributed by atoms with Crippen molar-refractivity contribution in [1.29, 1.82) is 0 Å². The molecule has 0 aliphatic carbocycles. The molecule has 1 unspecified atom stereocenters. The van der Waals surface area contributed by atoms with Crippen LogP contribution in [-0.2, 0) is 0 Å². The van der Waals surface area contributed by atoms with Gasteiger partial charge >= 0.3 is 0 Å². The summed E-state index contributed by atoms with van der Waals surface area (Å²) in [5.74, 6) is 0. The molecule has 1 aromatic rings. The number of aliphatic hydroxyl groups is 1. The molecule has 0 saturated carbocycles. The molecule has 1 rings (SSSR count). The lowest BCUT2D eigenvalue weighted by Gasteiger charge is -2.08. The molecule has 0 saturated heterocycles. The second-order valence-electron chi connectivity index (χ2n) is 3.24. The third kappa shape index (κ3) is 3.37. The van der Waals surface area contributed by atoms with Gasteiger partial charge in [0.15, 0.2) is 0 Å². The second-order valence-corrected chi connectivity index (χ2v) is 3.77. The van der Waals surface area contributed by atoms with Crippen LogP contribution in [0.4, 0.5) is 0 Å². The van der Waals surface area contributed by atoms with Gasteiger partial charge in [0.1, 0.15) is 0 Å². The number of halogens is 1. The first-order chi connectivity index (χ1) is 6.24. The van der Waals surface area contributed by atoms with Gasteiger partial charge in [-0.15, -0.1) is 11.6 Å². The molecule has 0 aliphatic heterocycles. The van der Waals surface area contributed by atoms with E-state index >= 15 is 0 Å². The molecule has 1 nitrogen and oxygen atoms in total. The van der Waals surface area contributed by atoms with Crippen LogP contribution in [-0.4, -0.2) is 11.7 Å². The van der Waals surface area contributed by atoms with E-state index in [9.17, 15) is 0 Å². The Morgan fingerprint density at radius 2 is 1.92 bits per heavy atom. The fraction of sp³-hybridized carbons (Fsp3) is 0.455. The summed E-state index contributed by atoms with van der Waals surface area (Å²) in [5.41, 5.74) is 2.38. The van der Waals surface area contributed by atoms with E-state index in [1.807, 2.05) is 12.1 Å². The lowest BCUT2D eigenvalue weighted by molar-refractivity contribution is 0.284. The van der Waals surface area contributed by atoms with Gasteiger partial charge in [0.25, 0.3) is 0 Å². The minimum absolute atomic E-state index is 0.0350. The lowest BCUT2D eigenvalue weighted by Crippen LogP contribution is -1.92. The van der Waals surface area contributed by atoms with E-state index in [1.54, 1.807) is 0 Å². The number of alkyl halides is 1. The van der Waals surface area contributed by atoms with Gasteiger partial charge in [-0.05, 0) is 25.3 Å². The van der Waals surface area contributed by atoms with Gasteiger partial charge in [0.2, 0.25) is 0 Å². The summed E-state index contributed by atoms with van der Waals surface area (Å²) in [7, 11) is 0. The molecule has 72 valence electrons. The van der Waals surface area contributed by atoms with Crippen molar-refractivity contribution in [2.24, 2.45) is 0 Å². The maximum atomic E-state index is 8.65. The first-order valence-corrected chi connectivity index (χ1v) is 4.99. The Hall–Kier alpha value is -0.530. The van der Waals surface area contributed by atoms with Crippen LogP contribution < -0.4 is 0 Å². The highest BCUT2D eigenvalue weighted by molar-refractivity contribution is 6.20. The van der Waals surface area contributed by atoms with Gasteiger partial charge in [-0.25, -0.2) is 0 Å². The molecule has 0 spiro atoms. The summed E-state index contributed by atoms with van der Waals surface area (Å²) >= 11 is 6.13. The predicted molar refractivity (Wildman–Crippen MR) is 56.1 cm³/mol. The topological polar surface area (TPSA) is 20.2 Å². The summed E-state index contributed by atoms with van der Waals surface area (Å²) in [6.45, 7) is 2.27. The number of benzene rings is 1. The van der Waals surface area contributed by atoms with Crippen LogP contribution in [0, 0.1) is 6.92 Å². The van der Waals surface area contributed by atoms with Crippen molar-refractivity contribution in [3.05, 3.63) is 35.4 Å². The smallest absolute Gasteiger partial charge is 0.0586 e. The van der Waals surface area contributed by atoms with Crippen LogP contribution in [0.5, 0.6) is 0 Å². The van der Waals surface area contributed by atoms with Gasteiger partial charge in [0.05, 0.1) is 5.38 Å². The standard InChI is InChI=1S/C11H15ClO/c1-9-4-6-10(7-5-9)11(12)3-2-8-13/h4-7,11,13H,2-3,8H2,1H3. The quantitative estimate of drug-likeness (QED) is 0.738. The molecule has 0 aliphatic rings. The molecule has 1 aromatic carbocycles. The molecule has 2 heteroatoms. The van der Waals surface area contributed by atoms with E-state index in [0.29, 0.717) is 0 Å². The normalized spacial score (nSPS) is 12.8. The van der Waals surface area contributed by atoms with Crippen molar-refractivity contribution in [3.8, 4) is 0 Å². The SMILES string of the molecule is Cc1ccc(C(Cl)CCCO)cc1.